The number of rotatable bonds is 8. The number of hydrogen-bond acceptors (Lipinski definition) is 2. The Bertz CT molecular complexity index is 2140. The van der Waals surface area contributed by atoms with Gasteiger partial charge in [-0.2, -0.15) is 0 Å². The average molecular weight is 783 g/mol. The highest BCUT2D eigenvalue weighted by Gasteiger charge is 2.24. The first-order valence-electron chi connectivity index (χ1n) is 23.7. The van der Waals surface area contributed by atoms with Crippen molar-refractivity contribution >= 4 is 21.5 Å². The molecule has 2 saturated carbocycles. The molecular weight excluding hydrogens is 717 g/mol. The van der Waals surface area contributed by atoms with E-state index >= 15 is 0 Å². The van der Waals surface area contributed by atoms with Gasteiger partial charge in [0.15, 0.2) is 0 Å². The molecule has 2 aliphatic carbocycles. The second-order valence-electron chi connectivity index (χ2n) is 18.5. The van der Waals surface area contributed by atoms with Gasteiger partial charge in [-0.1, -0.05) is 144 Å². The van der Waals surface area contributed by atoms with Crippen LogP contribution in [-0.4, -0.2) is 13.2 Å². The number of ether oxygens (including phenoxy) is 2. The van der Waals surface area contributed by atoms with Gasteiger partial charge < -0.3 is 9.47 Å². The van der Waals surface area contributed by atoms with Crippen LogP contribution in [-0.2, 0) is 0 Å². The zero-order chi connectivity index (χ0) is 40.0. The van der Waals surface area contributed by atoms with Gasteiger partial charge in [0, 0.05) is 11.1 Å². The number of fused-ring (bicyclic) bond motifs is 7. The molecule has 0 unspecified atom stereocenters. The van der Waals surface area contributed by atoms with E-state index in [0.29, 0.717) is 11.8 Å². The van der Waals surface area contributed by atoms with Crippen molar-refractivity contribution in [3.63, 3.8) is 0 Å². The lowest BCUT2D eigenvalue weighted by Crippen LogP contribution is -2.13. The van der Waals surface area contributed by atoms with Crippen LogP contribution in [0.3, 0.4) is 0 Å². The topological polar surface area (TPSA) is 18.5 Å². The summed E-state index contributed by atoms with van der Waals surface area (Å²) >= 11 is 0. The van der Waals surface area contributed by atoms with Crippen molar-refractivity contribution in [2.24, 2.45) is 11.8 Å². The molecule has 1 aliphatic heterocycles. The van der Waals surface area contributed by atoms with Crippen molar-refractivity contribution in [1.82, 2.24) is 0 Å². The van der Waals surface area contributed by atoms with E-state index in [-0.39, 0.29) is 0 Å². The van der Waals surface area contributed by atoms with Gasteiger partial charge in [0.05, 0.1) is 13.2 Å². The SMILES string of the molecule is CCCC1CCC(c2ccc(-c3ccc4c5c(ccc4c3)OCCCCCCCOc3ccc4cc(-c6ccc([C@H]7CC[C@H](CCC)CC7)cc6)ccc4c3-5)cc2)CC1. The zero-order valence-corrected chi connectivity index (χ0v) is 36.0. The van der Waals surface area contributed by atoms with Crippen LogP contribution in [0.1, 0.15) is 146 Å². The second-order valence-corrected chi connectivity index (χ2v) is 18.5. The quantitative estimate of drug-likeness (QED) is 0.153. The molecule has 2 heteroatoms. The van der Waals surface area contributed by atoms with Crippen molar-refractivity contribution in [3.8, 4) is 44.9 Å². The molecule has 306 valence electrons. The van der Waals surface area contributed by atoms with E-state index in [2.05, 4.69) is 123 Å². The van der Waals surface area contributed by atoms with Crippen molar-refractivity contribution < 1.29 is 9.47 Å². The highest BCUT2D eigenvalue weighted by molar-refractivity contribution is 6.11. The molecule has 1 heterocycles. The molecular formula is C57H66O2. The minimum absolute atomic E-state index is 0.707. The fourth-order valence-corrected chi connectivity index (χ4v) is 11.1. The molecule has 2 fully saturated rings. The van der Waals surface area contributed by atoms with E-state index in [9.17, 15) is 0 Å². The molecule has 0 bridgehead atoms. The monoisotopic (exact) mass is 783 g/mol. The van der Waals surface area contributed by atoms with Gasteiger partial charge in [-0.3, -0.25) is 0 Å². The Hall–Kier alpha value is -4.56. The highest BCUT2D eigenvalue weighted by Crippen LogP contribution is 2.47. The molecule has 0 radical (unpaired) electrons. The van der Waals surface area contributed by atoms with Crippen LogP contribution >= 0.6 is 0 Å². The third-order valence-electron chi connectivity index (χ3n) is 14.5. The standard InChI is InChI=1S/C57H66O2/c1-3-10-40-12-16-42(17-13-40)44-20-24-46(25-21-44)48-28-32-52-50(38-48)30-34-54-56(52)57-53-33-29-49(39-51(53)31-35-55(57)59-37-9-7-5-6-8-36-58-54)47-26-22-45(23-27-47)43-18-14-41(11-4-2)15-19-43/h20-35,38-43H,3-19,36-37H2,1-2H3/t40-,41?,42-,43?. The van der Waals surface area contributed by atoms with Crippen LogP contribution in [0.15, 0.2) is 109 Å². The fourth-order valence-electron chi connectivity index (χ4n) is 11.1. The molecule has 9 rings (SSSR count). The molecule has 6 aromatic carbocycles. The molecule has 3 aliphatic rings. The minimum atomic E-state index is 0.707. The lowest BCUT2D eigenvalue weighted by molar-refractivity contribution is 0.298. The van der Waals surface area contributed by atoms with E-state index in [4.69, 9.17) is 9.47 Å². The van der Waals surface area contributed by atoms with E-state index in [1.54, 1.807) is 0 Å². The summed E-state index contributed by atoms with van der Waals surface area (Å²) in [6.07, 6.45) is 22.0. The highest BCUT2D eigenvalue weighted by atomic mass is 16.5. The molecule has 0 saturated heterocycles. The van der Waals surface area contributed by atoms with Crippen molar-refractivity contribution in [3.05, 3.63) is 120 Å². The predicted octanol–water partition coefficient (Wildman–Crippen LogP) is 16.9. The summed E-state index contributed by atoms with van der Waals surface area (Å²) in [4.78, 5) is 0. The Morgan fingerprint density at radius 3 is 1.20 bits per heavy atom. The van der Waals surface area contributed by atoms with E-state index in [0.717, 1.165) is 60.5 Å². The maximum absolute atomic E-state index is 6.74. The first kappa shape index (κ1) is 39.9. The maximum atomic E-state index is 6.74. The molecule has 0 N–H and O–H groups in total. The third-order valence-corrected chi connectivity index (χ3v) is 14.5. The lowest BCUT2D eigenvalue weighted by Gasteiger charge is -2.28. The van der Waals surface area contributed by atoms with E-state index in [1.165, 1.54) is 151 Å². The maximum Gasteiger partial charge on any atom is 0.127 e. The van der Waals surface area contributed by atoms with Crippen LogP contribution in [0.25, 0.3) is 54.9 Å². The van der Waals surface area contributed by atoms with Gasteiger partial charge in [0.25, 0.3) is 0 Å². The minimum Gasteiger partial charge on any atom is -0.493 e. The summed E-state index contributed by atoms with van der Waals surface area (Å²) in [7, 11) is 0. The molecule has 0 amide bonds. The molecule has 0 spiro atoms. The normalized spacial score (nSPS) is 21.6. The zero-order valence-electron chi connectivity index (χ0n) is 36.0. The smallest absolute Gasteiger partial charge is 0.127 e. The molecule has 2 nitrogen and oxygen atoms in total. The van der Waals surface area contributed by atoms with Gasteiger partial charge in [-0.05, 0) is 167 Å². The van der Waals surface area contributed by atoms with E-state index in [1.807, 2.05) is 0 Å². The average Bonchev–Trinajstić information content (AvgIpc) is 3.30. The predicted molar refractivity (Wildman–Crippen MR) is 251 cm³/mol. The summed E-state index contributed by atoms with van der Waals surface area (Å²) < 4.78 is 13.5. The summed E-state index contributed by atoms with van der Waals surface area (Å²) in [6, 6.07) is 42.1. The van der Waals surface area contributed by atoms with Gasteiger partial charge in [0.1, 0.15) is 11.5 Å². The summed E-state index contributed by atoms with van der Waals surface area (Å²) in [5, 5.41) is 4.88. The lowest BCUT2D eigenvalue weighted by atomic mass is 9.77. The Labute approximate surface area is 354 Å². The van der Waals surface area contributed by atoms with Gasteiger partial charge in [0.2, 0.25) is 0 Å². The third kappa shape index (κ3) is 8.99. The van der Waals surface area contributed by atoms with Crippen LogP contribution in [0.4, 0.5) is 0 Å². The van der Waals surface area contributed by atoms with Crippen LogP contribution in [0.2, 0.25) is 0 Å². The fraction of sp³-hybridized carbons (Fsp3) is 0.439. The Morgan fingerprint density at radius 1 is 0.407 bits per heavy atom. The summed E-state index contributed by atoms with van der Waals surface area (Å²) in [5.41, 5.74) is 10.4. The molecule has 59 heavy (non-hydrogen) atoms. The molecule has 0 atom stereocenters. The van der Waals surface area contributed by atoms with Gasteiger partial charge in [-0.25, -0.2) is 0 Å². The number of hydrogen-bond donors (Lipinski definition) is 0. The summed E-state index contributed by atoms with van der Waals surface area (Å²) in [5.74, 6) is 5.18. The largest absolute Gasteiger partial charge is 0.493 e. The van der Waals surface area contributed by atoms with Crippen molar-refractivity contribution in [1.29, 1.82) is 0 Å². The van der Waals surface area contributed by atoms with Crippen LogP contribution < -0.4 is 9.47 Å². The Morgan fingerprint density at radius 2 is 0.797 bits per heavy atom. The van der Waals surface area contributed by atoms with Crippen LogP contribution in [0.5, 0.6) is 11.5 Å². The van der Waals surface area contributed by atoms with Crippen molar-refractivity contribution in [2.45, 2.75) is 135 Å². The van der Waals surface area contributed by atoms with Crippen LogP contribution in [0, 0.1) is 11.8 Å². The van der Waals surface area contributed by atoms with E-state index < -0.39 is 0 Å². The van der Waals surface area contributed by atoms with Crippen molar-refractivity contribution in [2.75, 3.05) is 13.2 Å². The number of benzene rings is 6. The molecule has 0 aromatic heterocycles. The Kier molecular flexibility index (Phi) is 12.7. The van der Waals surface area contributed by atoms with Gasteiger partial charge >= 0.3 is 0 Å². The van der Waals surface area contributed by atoms with Gasteiger partial charge in [-0.15, -0.1) is 0 Å². The second kappa shape index (κ2) is 18.8. The first-order chi connectivity index (χ1) is 29.1. The Balaban J connectivity index is 1.05. The summed E-state index contributed by atoms with van der Waals surface area (Å²) in [6.45, 7) is 6.11. The first-order valence-corrected chi connectivity index (χ1v) is 23.7. The molecule has 6 aromatic rings.